The molecule has 0 aliphatic heterocycles. The van der Waals surface area contributed by atoms with Crippen molar-refractivity contribution in [2.24, 2.45) is 0 Å². The fourth-order valence-corrected chi connectivity index (χ4v) is 4.57. The molecular weight excluding hydrogens is 443 g/mol. The molecule has 8 heteroatoms. The van der Waals surface area contributed by atoms with Crippen molar-refractivity contribution < 1.29 is 9.18 Å². The molecule has 0 atom stereocenters. The summed E-state index contributed by atoms with van der Waals surface area (Å²) in [5, 5.41) is 12.2. The van der Waals surface area contributed by atoms with E-state index in [9.17, 15) is 9.18 Å². The Morgan fingerprint density at radius 2 is 1.80 bits per heavy atom. The van der Waals surface area contributed by atoms with E-state index in [2.05, 4.69) is 34.8 Å². The van der Waals surface area contributed by atoms with E-state index < -0.39 is 5.82 Å². The maximum Gasteiger partial charge on any atom is 0.251 e. The molecule has 0 spiro atoms. The first-order chi connectivity index (χ1) is 17.0. The van der Waals surface area contributed by atoms with E-state index in [0.29, 0.717) is 5.56 Å². The number of rotatable bonds is 6. The summed E-state index contributed by atoms with van der Waals surface area (Å²) in [5.41, 5.74) is 3.30. The summed E-state index contributed by atoms with van der Waals surface area (Å²) in [7, 11) is 0. The van der Waals surface area contributed by atoms with E-state index in [-0.39, 0.29) is 18.0 Å². The number of amides is 1. The zero-order valence-electron chi connectivity index (χ0n) is 20.0. The molecule has 1 amide bonds. The SMILES string of the molecule is CCc1nc(NC2CCC(NC(=O)c3cccc(F)c3)CC2)c2cnn(-c3ccc(C)cc3)c2n1. The summed E-state index contributed by atoms with van der Waals surface area (Å²) in [6.07, 6.45) is 6.02. The Kier molecular flexibility index (Phi) is 6.44. The van der Waals surface area contributed by atoms with Gasteiger partial charge < -0.3 is 10.6 Å². The number of hydrogen-bond donors (Lipinski definition) is 2. The Labute approximate surface area is 203 Å². The lowest BCUT2D eigenvalue weighted by molar-refractivity contribution is 0.0926. The standard InChI is InChI=1S/C27H29FN6O/c1-3-24-32-25(23-16-29-34(26(23)33-24)22-13-7-17(2)8-14-22)30-20-9-11-21(12-10-20)31-27(35)18-5-4-6-19(28)15-18/h4-8,13-16,20-21H,3,9-12H2,1-2H3,(H,31,35)(H,30,32,33). The van der Waals surface area contributed by atoms with Gasteiger partial charge in [-0.05, 0) is 62.9 Å². The number of aryl methyl sites for hydroxylation is 2. The molecular formula is C27H29FN6O. The van der Waals surface area contributed by atoms with Crippen molar-refractivity contribution in [3.05, 3.63) is 77.5 Å². The van der Waals surface area contributed by atoms with Crippen molar-refractivity contribution in [3.8, 4) is 5.69 Å². The van der Waals surface area contributed by atoms with Crippen LogP contribution in [-0.2, 0) is 6.42 Å². The zero-order valence-corrected chi connectivity index (χ0v) is 20.0. The van der Waals surface area contributed by atoms with Gasteiger partial charge in [-0.2, -0.15) is 5.10 Å². The molecule has 180 valence electrons. The van der Waals surface area contributed by atoms with Crippen LogP contribution in [0.4, 0.5) is 10.2 Å². The number of hydrogen-bond acceptors (Lipinski definition) is 5. The summed E-state index contributed by atoms with van der Waals surface area (Å²) < 4.78 is 15.3. The Hall–Kier alpha value is -3.81. The van der Waals surface area contributed by atoms with Crippen molar-refractivity contribution in [1.82, 2.24) is 25.1 Å². The minimum Gasteiger partial charge on any atom is -0.367 e. The second-order valence-electron chi connectivity index (χ2n) is 9.15. The molecule has 1 aliphatic rings. The summed E-state index contributed by atoms with van der Waals surface area (Å²) in [4.78, 5) is 22.0. The Bertz CT molecular complexity index is 1340. The summed E-state index contributed by atoms with van der Waals surface area (Å²) in [6.45, 7) is 4.11. The van der Waals surface area contributed by atoms with Crippen LogP contribution < -0.4 is 10.6 Å². The molecule has 0 unspecified atom stereocenters. The van der Waals surface area contributed by atoms with Gasteiger partial charge in [-0.15, -0.1) is 0 Å². The molecule has 0 saturated heterocycles. The lowest BCUT2D eigenvalue weighted by Crippen LogP contribution is -2.40. The normalized spacial score (nSPS) is 17.9. The third-order valence-electron chi connectivity index (χ3n) is 6.56. The average Bonchev–Trinajstić information content (AvgIpc) is 3.30. The van der Waals surface area contributed by atoms with Crippen LogP contribution in [0.1, 0.15) is 54.4 Å². The molecule has 2 heterocycles. The molecule has 2 aromatic carbocycles. The molecule has 35 heavy (non-hydrogen) atoms. The van der Waals surface area contributed by atoms with Crippen LogP contribution in [0.2, 0.25) is 0 Å². The molecule has 2 N–H and O–H groups in total. The van der Waals surface area contributed by atoms with Crippen LogP contribution in [0.15, 0.2) is 54.7 Å². The van der Waals surface area contributed by atoms with E-state index in [0.717, 1.165) is 60.5 Å². The van der Waals surface area contributed by atoms with Gasteiger partial charge >= 0.3 is 0 Å². The van der Waals surface area contributed by atoms with Gasteiger partial charge in [0.15, 0.2) is 5.65 Å². The van der Waals surface area contributed by atoms with Crippen LogP contribution >= 0.6 is 0 Å². The smallest absolute Gasteiger partial charge is 0.251 e. The van der Waals surface area contributed by atoms with Gasteiger partial charge in [-0.25, -0.2) is 19.0 Å². The third-order valence-corrected chi connectivity index (χ3v) is 6.56. The van der Waals surface area contributed by atoms with Crippen molar-refractivity contribution in [1.29, 1.82) is 0 Å². The number of halogens is 1. The Morgan fingerprint density at radius 3 is 2.51 bits per heavy atom. The van der Waals surface area contributed by atoms with Crippen LogP contribution in [0.3, 0.4) is 0 Å². The summed E-state index contributed by atoms with van der Waals surface area (Å²) in [5.74, 6) is 0.941. The van der Waals surface area contributed by atoms with Crippen molar-refractivity contribution >= 4 is 22.8 Å². The molecule has 0 bridgehead atoms. The van der Waals surface area contributed by atoms with Crippen LogP contribution in [0, 0.1) is 12.7 Å². The first kappa shape index (κ1) is 23.0. The van der Waals surface area contributed by atoms with Gasteiger partial charge in [-0.3, -0.25) is 4.79 Å². The highest BCUT2D eigenvalue weighted by Gasteiger charge is 2.24. The lowest BCUT2D eigenvalue weighted by atomic mass is 9.91. The number of aromatic nitrogens is 4. The Balaban J connectivity index is 1.28. The highest BCUT2D eigenvalue weighted by molar-refractivity contribution is 5.94. The zero-order chi connectivity index (χ0) is 24.4. The summed E-state index contributed by atoms with van der Waals surface area (Å²) in [6, 6.07) is 14.3. The highest BCUT2D eigenvalue weighted by Crippen LogP contribution is 2.27. The largest absolute Gasteiger partial charge is 0.367 e. The topological polar surface area (TPSA) is 84.7 Å². The molecule has 4 aromatic rings. The molecule has 1 saturated carbocycles. The minimum absolute atomic E-state index is 0.0738. The van der Waals surface area contributed by atoms with Gasteiger partial charge in [-0.1, -0.05) is 30.7 Å². The molecule has 2 aromatic heterocycles. The molecule has 0 radical (unpaired) electrons. The van der Waals surface area contributed by atoms with Gasteiger partial charge in [0.25, 0.3) is 5.91 Å². The first-order valence-corrected chi connectivity index (χ1v) is 12.1. The van der Waals surface area contributed by atoms with Gasteiger partial charge in [0.2, 0.25) is 0 Å². The number of anilines is 1. The number of nitrogens with zero attached hydrogens (tertiary/aromatic N) is 4. The highest BCUT2D eigenvalue weighted by atomic mass is 19.1. The van der Waals surface area contributed by atoms with Crippen molar-refractivity contribution in [3.63, 3.8) is 0 Å². The van der Waals surface area contributed by atoms with Gasteiger partial charge in [0, 0.05) is 24.1 Å². The van der Waals surface area contributed by atoms with E-state index >= 15 is 0 Å². The number of fused-ring (bicyclic) bond motifs is 1. The second kappa shape index (κ2) is 9.82. The van der Waals surface area contributed by atoms with E-state index in [1.54, 1.807) is 12.1 Å². The number of carbonyl (C=O) groups excluding carboxylic acids is 1. The van der Waals surface area contributed by atoms with Gasteiger partial charge in [0.1, 0.15) is 17.5 Å². The Morgan fingerprint density at radius 1 is 1.06 bits per heavy atom. The predicted octanol–water partition coefficient (Wildman–Crippen LogP) is 4.98. The monoisotopic (exact) mass is 472 g/mol. The summed E-state index contributed by atoms with van der Waals surface area (Å²) >= 11 is 0. The fourth-order valence-electron chi connectivity index (χ4n) is 4.57. The van der Waals surface area contributed by atoms with E-state index in [1.165, 1.54) is 17.7 Å². The lowest BCUT2D eigenvalue weighted by Gasteiger charge is -2.30. The minimum atomic E-state index is -0.404. The molecule has 1 aliphatic carbocycles. The van der Waals surface area contributed by atoms with Crippen molar-refractivity contribution in [2.75, 3.05) is 5.32 Å². The predicted molar refractivity (Wildman–Crippen MR) is 134 cm³/mol. The van der Waals surface area contributed by atoms with Gasteiger partial charge in [0.05, 0.1) is 17.3 Å². The van der Waals surface area contributed by atoms with Crippen LogP contribution in [-0.4, -0.2) is 37.7 Å². The maximum atomic E-state index is 13.4. The first-order valence-electron chi connectivity index (χ1n) is 12.1. The van der Waals surface area contributed by atoms with Crippen molar-refractivity contribution in [2.45, 2.75) is 58.0 Å². The number of carbonyl (C=O) groups is 1. The molecule has 1 fully saturated rings. The number of nitrogens with one attached hydrogen (secondary N) is 2. The average molecular weight is 473 g/mol. The molecule has 5 rings (SSSR count). The fraction of sp³-hybridized carbons (Fsp3) is 0.333. The quantitative estimate of drug-likeness (QED) is 0.414. The second-order valence-corrected chi connectivity index (χ2v) is 9.15. The third kappa shape index (κ3) is 5.01. The molecule has 7 nitrogen and oxygen atoms in total. The van der Waals surface area contributed by atoms with Crippen LogP contribution in [0.5, 0.6) is 0 Å². The number of benzene rings is 2. The van der Waals surface area contributed by atoms with E-state index in [1.807, 2.05) is 29.9 Å². The van der Waals surface area contributed by atoms with E-state index in [4.69, 9.17) is 9.97 Å². The maximum absolute atomic E-state index is 13.4. The van der Waals surface area contributed by atoms with Crippen LogP contribution in [0.25, 0.3) is 16.7 Å².